The number of rotatable bonds is 9. The fourth-order valence-electron chi connectivity index (χ4n) is 3.10. The minimum atomic E-state index is -0.209. The maximum absolute atomic E-state index is 12.2. The highest BCUT2D eigenvalue weighted by Gasteiger charge is 2.31. The highest BCUT2D eigenvalue weighted by Crippen LogP contribution is 2.24. The third-order valence-electron chi connectivity index (χ3n) is 4.68. The van der Waals surface area contributed by atoms with Crippen LogP contribution in [0, 0.1) is 0 Å². The molecule has 1 aliphatic heterocycles. The molecule has 2 N–H and O–H groups in total. The number of hydrogen-bond donors (Lipinski definition) is 2. The molecule has 3 amide bonds. The van der Waals surface area contributed by atoms with Crippen molar-refractivity contribution in [3.8, 4) is 5.75 Å². The quantitative estimate of drug-likeness (QED) is 0.658. The summed E-state index contributed by atoms with van der Waals surface area (Å²) >= 11 is 0. The maximum atomic E-state index is 12.2. The Bertz CT molecular complexity index is 587. The summed E-state index contributed by atoms with van der Waals surface area (Å²) in [4.78, 5) is 28.3. The predicted molar refractivity (Wildman–Crippen MR) is 103 cm³/mol. The summed E-state index contributed by atoms with van der Waals surface area (Å²) < 4.78 is 5.14. The molecule has 0 aromatic heterocycles. The van der Waals surface area contributed by atoms with Crippen LogP contribution in [-0.4, -0.2) is 62.7 Å². The molecule has 26 heavy (non-hydrogen) atoms. The van der Waals surface area contributed by atoms with E-state index in [4.69, 9.17) is 4.74 Å². The van der Waals surface area contributed by atoms with Crippen molar-refractivity contribution >= 4 is 17.6 Å². The van der Waals surface area contributed by atoms with Crippen molar-refractivity contribution in [1.29, 1.82) is 0 Å². The molecule has 1 atom stereocenters. The second-order valence-electron chi connectivity index (χ2n) is 6.38. The minimum Gasteiger partial charge on any atom is -0.497 e. The fraction of sp³-hybridized carbons (Fsp3) is 0.579. The lowest BCUT2D eigenvalue weighted by Crippen LogP contribution is -2.44. The van der Waals surface area contributed by atoms with Crippen molar-refractivity contribution in [3.63, 3.8) is 0 Å². The Morgan fingerprint density at radius 2 is 1.96 bits per heavy atom. The molecule has 0 saturated carbocycles. The van der Waals surface area contributed by atoms with Crippen molar-refractivity contribution < 1.29 is 14.3 Å². The molecule has 7 heteroatoms. The first kappa shape index (κ1) is 20.0. The molecule has 1 saturated heterocycles. The van der Waals surface area contributed by atoms with Crippen LogP contribution in [0.15, 0.2) is 24.3 Å². The Labute approximate surface area is 155 Å². The Balaban J connectivity index is 1.74. The van der Waals surface area contributed by atoms with E-state index in [1.165, 1.54) is 0 Å². The average Bonchev–Trinajstić information content (AvgIpc) is 3.02. The van der Waals surface area contributed by atoms with E-state index in [2.05, 4.69) is 29.4 Å². The van der Waals surface area contributed by atoms with E-state index in [1.807, 2.05) is 24.3 Å². The summed E-state index contributed by atoms with van der Waals surface area (Å²) in [5, 5.41) is 5.77. The molecule has 1 aromatic carbocycles. The molecule has 0 aliphatic carbocycles. The van der Waals surface area contributed by atoms with Crippen LogP contribution >= 0.6 is 0 Å². The van der Waals surface area contributed by atoms with Crippen LogP contribution in [0.3, 0.4) is 0 Å². The lowest BCUT2D eigenvalue weighted by molar-refractivity contribution is -0.117. The van der Waals surface area contributed by atoms with E-state index in [-0.39, 0.29) is 18.0 Å². The highest BCUT2D eigenvalue weighted by molar-refractivity contribution is 5.96. The van der Waals surface area contributed by atoms with Gasteiger partial charge in [0.2, 0.25) is 5.91 Å². The van der Waals surface area contributed by atoms with E-state index >= 15 is 0 Å². The molecule has 0 unspecified atom stereocenters. The lowest BCUT2D eigenvalue weighted by Gasteiger charge is -2.19. The third kappa shape index (κ3) is 5.62. The SMILES string of the molecule is CCN(CC)CCCNC(=O)N[C@H]1CC(=O)N(c2ccc(OC)cc2)C1. The van der Waals surface area contributed by atoms with Gasteiger partial charge in [-0.15, -0.1) is 0 Å². The predicted octanol–water partition coefficient (Wildman–Crippen LogP) is 1.83. The van der Waals surface area contributed by atoms with E-state index in [0.717, 1.165) is 37.5 Å². The average molecular weight is 362 g/mol. The lowest BCUT2D eigenvalue weighted by atomic mass is 10.2. The zero-order chi connectivity index (χ0) is 18.9. The van der Waals surface area contributed by atoms with Crippen LogP contribution < -0.4 is 20.3 Å². The summed E-state index contributed by atoms with van der Waals surface area (Å²) in [5.41, 5.74) is 0.819. The van der Waals surface area contributed by atoms with Crippen LogP contribution in [0.5, 0.6) is 5.75 Å². The van der Waals surface area contributed by atoms with Crippen molar-refractivity contribution in [2.45, 2.75) is 32.7 Å². The molecule has 1 aromatic rings. The second-order valence-corrected chi connectivity index (χ2v) is 6.38. The van der Waals surface area contributed by atoms with Gasteiger partial charge >= 0.3 is 6.03 Å². The Morgan fingerprint density at radius 1 is 1.27 bits per heavy atom. The molecule has 1 heterocycles. The van der Waals surface area contributed by atoms with Crippen molar-refractivity contribution in [1.82, 2.24) is 15.5 Å². The van der Waals surface area contributed by atoms with E-state index in [1.54, 1.807) is 12.0 Å². The molecule has 1 aliphatic rings. The number of hydrogen-bond acceptors (Lipinski definition) is 4. The Morgan fingerprint density at radius 3 is 2.58 bits per heavy atom. The van der Waals surface area contributed by atoms with Crippen LogP contribution in [0.1, 0.15) is 26.7 Å². The molecule has 2 rings (SSSR count). The van der Waals surface area contributed by atoms with Crippen molar-refractivity contribution in [3.05, 3.63) is 24.3 Å². The largest absolute Gasteiger partial charge is 0.497 e. The topological polar surface area (TPSA) is 73.9 Å². The van der Waals surface area contributed by atoms with Gasteiger partial charge in [-0.2, -0.15) is 0 Å². The molecule has 1 fully saturated rings. The van der Waals surface area contributed by atoms with Crippen molar-refractivity contribution in [2.24, 2.45) is 0 Å². The van der Waals surface area contributed by atoms with E-state index < -0.39 is 0 Å². The van der Waals surface area contributed by atoms with Gasteiger partial charge in [-0.3, -0.25) is 4.79 Å². The molecule has 0 bridgehead atoms. The van der Waals surface area contributed by atoms with Gasteiger partial charge in [0.25, 0.3) is 0 Å². The summed E-state index contributed by atoms with van der Waals surface area (Å²) in [6.07, 6.45) is 1.23. The number of carbonyl (C=O) groups is 2. The maximum Gasteiger partial charge on any atom is 0.315 e. The first-order valence-corrected chi connectivity index (χ1v) is 9.28. The number of carbonyl (C=O) groups excluding carboxylic acids is 2. The standard InChI is InChI=1S/C19H30N4O3/c1-4-22(5-2)12-6-11-20-19(25)21-15-13-18(24)23(14-15)16-7-9-17(26-3)10-8-16/h7-10,15H,4-6,11-14H2,1-3H3,(H2,20,21,25)/t15-/m0/s1. The molecule has 7 nitrogen and oxygen atoms in total. The molecule has 0 spiro atoms. The molecule has 144 valence electrons. The van der Waals surface area contributed by atoms with Gasteiger partial charge in [-0.1, -0.05) is 13.8 Å². The number of methoxy groups -OCH3 is 1. The van der Waals surface area contributed by atoms with Gasteiger partial charge in [0, 0.05) is 25.2 Å². The molecular formula is C19H30N4O3. The number of ether oxygens (including phenoxy) is 1. The van der Waals surface area contributed by atoms with E-state index in [0.29, 0.717) is 19.5 Å². The van der Waals surface area contributed by atoms with Gasteiger partial charge in [0.1, 0.15) is 5.75 Å². The smallest absolute Gasteiger partial charge is 0.315 e. The van der Waals surface area contributed by atoms with Crippen LogP contribution in [0.4, 0.5) is 10.5 Å². The molecule has 0 radical (unpaired) electrons. The first-order valence-electron chi connectivity index (χ1n) is 9.28. The zero-order valence-electron chi connectivity index (χ0n) is 16.0. The third-order valence-corrected chi connectivity index (χ3v) is 4.68. The van der Waals surface area contributed by atoms with Gasteiger partial charge in [0.05, 0.1) is 13.2 Å². The van der Waals surface area contributed by atoms with Gasteiger partial charge in [-0.05, 0) is 50.3 Å². The van der Waals surface area contributed by atoms with Crippen molar-refractivity contribution in [2.75, 3.05) is 44.7 Å². The van der Waals surface area contributed by atoms with Gasteiger partial charge in [0.15, 0.2) is 0 Å². The number of benzene rings is 1. The summed E-state index contributed by atoms with van der Waals surface area (Å²) in [6.45, 7) is 8.40. The number of nitrogens with zero attached hydrogens (tertiary/aromatic N) is 2. The summed E-state index contributed by atoms with van der Waals surface area (Å²) in [7, 11) is 1.61. The zero-order valence-corrected chi connectivity index (χ0v) is 16.0. The van der Waals surface area contributed by atoms with Crippen LogP contribution in [0.2, 0.25) is 0 Å². The van der Waals surface area contributed by atoms with Crippen LogP contribution in [0.25, 0.3) is 0 Å². The monoisotopic (exact) mass is 362 g/mol. The van der Waals surface area contributed by atoms with Gasteiger partial charge in [-0.25, -0.2) is 4.79 Å². The van der Waals surface area contributed by atoms with Gasteiger partial charge < -0.3 is 25.2 Å². The Kier molecular flexibility index (Phi) is 7.72. The highest BCUT2D eigenvalue weighted by atomic mass is 16.5. The fourth-order valence-corrected chi connectivity index (χ4v) is 3.10. The first-order chi connectivity index (χ1) is 12.6. The van der Waals surface area contributed by atoms with E-state index in [9.17, 15) is 9.59 Å². The second kappa shape index (κ2) is 10.0. The molecular weight excluding hydrogens is 332 g/mol. The summed E-state index contributed by atoms with van der Waals surface area (Å²) in [6, 6.07) is 6.97. The summed E-state index contributed by atoms with van der Waals surface area (Å²) in [5.74, 6) is 0.765. The Hall–Kier alpha value is -2.28. The number of amides is 3. The van der Waals surface area contributed by atoms with Crippen LogP contribution in [-0.2, 0) is 4.79 Å². The minimum absolute atomic E-state index is 0.0157. The number of nitrogens with one attached hydrogen (secondary N) is 2. The number of urea groups is 1. The number of anilines is 1. The normalized spacial score (nSPS) is 16.8.